The quantitative estimate of drug-likeness (QED) is 0.306. The van der Waals surface area contributed by atoms with Crippen LogP contribution in [0.1, 0.15) is 0 Å². The molecule has 3 N–H and O–H groups in total. The first kappa shape index (κ1) is 21.7. The Balaban J connectivity index is 1.33. The molecule has 0 saturated heterocycles. The molecule has 0 atom stereocenters. The Morgan fingerprint density at radius 2 is 1.59 bits per heavy atom. The van der Waals surface area contributed by atoms with E-state index >= 15 is 0 Å². The number of hydrogen-bond acceptors (Lipinski definition) is 6. The molecule has 0 unspecified atom stereocenters. The van der Waals surface area contributed by atoms with Crippen LogP contribution >= 0.6 is 23.1 Å². The van der Waals surface area contributed by atoms with Gasteiger partial charge >= 0.3 is 6.03 Å². The maximum absolute atomic E-state index is 12.2. The number of rotatable bonds is 7. The molecule has 7 nitrogen and oxygen atoms in total. The summed E-state index contributed by atoms with van der Waals surface area (Å²) in [4.78, 5) is 29.0. The highest BCUT2D eigenvalue weighted by Crippen LogP contribution is 2.31. The highest BCUT2D eigenvalue weighted by molar-refractivity contribution is 8.01. The van der Waals surface area contributed by atoms with Crippen LogP contribution in [-0.2, 0) is 4.79 Å². The summed E-state index contributed by atoms with van der Waals surface area (Å²) in [5.74, 6) is 0.869. The van der Waals surface area contributed by atoms with Crippen molar-refractivity contribution in [2.45, 2.75) is 4.34 Å². The zero-order chi connectivity index (χ0) is 22.3. The number of carbonyl (C=O) groups is 2. The minimum absolute atomic E-state index is 0.112. The molecule has 1 aromatic heterocycles. The highest BCUT2D eigenvalue weighted by Gasteiger charge is 2.10. The van der Waals surface area contributed by atoms with Gasteiger partial charge in [-0.3, -0.25) is 4.79 Å². The van der Waals surface area contributed by atoms with E-state index in [0.717, 1.165) is 26.0 Å². The van der Waals surface area contributed by atoms with Gasteiger partial charge in [-0.2, -0.15) is 0 Å². The Kier molecular flexibility index (Phi) is 6.88. The number of aromatic nitrogens is 1. The fourth-order valence-corrected chi connectivity index (χ4v) is 4.76. The number of methoxy groups -OCH3 is 1. The molecule has 32 heavy (non-hydrogen) atoms. The highest BCUT2D eigenvalue weighted by atomic mass is 32.2. The molecule has 3 aromatic carbocycles. The number of nitrogens with zero attached hydrogens (tertiary/aromatic N) is 1. The molecule has 162 valence electrons. The SMILES string of the molecule is COc1ccc(NC(=O)CSc2nc3ccc(NC(=O)Nc4ccccc4)cc3s2)cc1. The summed E-state index contributed by atoms with van der Waals surface area (Å²) in [7, 11) is 1.60. The lowest BCUT2D eigenvalue weighted by Gasteiger charge is -2.07. The van der Waals surface area contributed by atoms with Gasteiger partial charge in [0.1, 0.15) is 5.75 Å². The molecule has 4 rings (SSSR count). The van der Waals surface area contributed by atoms with Crippen LogP contribution < -0.4 is 20.7 Å². The van der Waals surface area contributed by atoms with E-state index in [2.05, 4.69) is 20.9 Å². The van der Waals surface area contributed by atoms with Gasteiger partial charge in [0.05, 0.1) is 23.1 Å². The third kappa shape index (κ3) is 5.77. The van der Waals surface area contributed by atoms with Crippen molar-refractivity contribution in [1.29, 1.82) is 0 Å². The van der Waals surface area contributed by atoms with E-state index in [-0.39, 0.29) is 17.7 Å². The number of thioether (sulfide) groups is 1. The van der Waals surface area contributed by atoms with Crippen LogP contribution in [0.4, 0.5) is 21.9 Å². The van der Waals surface area contributed by atoms with Gasteiger partial charge in [-0.1, -0.05) is 30.0 Å². The van der Waals surface area contributed by atoms with Gasteiger partial charge in [0.25, 0.3) is 0 Å². The van der Waals surface area contributed by atoms with Gasteiger partial charge in [0, 0.05) is 17.1 Å². The average Bonchev–Trinajstić information content (AvgIpc) is 3.21. The van der Waals surface area contributed by atoms with E-state index in [0.29, 0.717) is 11.4 Å². The third-order valence-corrected chi connectivity index (χ3v) is 6.52. The van der Waals surface area contributed by atoms with Crippen molar-refractivity contribution in [2.75, 3.05) is 28.8 Å². The van der Waals surface area contributed by atoms with Crippen molar-refractivity contribution >= 4 is 62.3 Å². The van der Waals surface area contributed by atoms with Crippen LogP contribution in [0, 0.1) is 0 Å². The van der Waals surface area contributed by atoms with Crippen molar-refractivity contribution in [1.82, 2.24) is 4.98 Å². The maximum Gasteiger partial charge on any atom is 0.323 e. The number of amides is 3. The Morgan fingerprint density at radius 3 is 2.34 bits per heavy atom. The van der Waals surface area contributed by atoms with E-state index in [1.807, 2.05) is 42.5 Å². The van der Waals surface area contributed by atoms with Crippen LogP contribution in [0.5, 0.6) is 5.75 Å². The maximum atomic E-state index is 12.2. The number of benzene rings is 3. The van der Waals surface area contributed by atoms with Gasteiger partial charge in [-0.05, 0) is 54.6 Å². The van der Waals surface area contributed by atoms with Gasteiger partial charge in [0.15, 0.2) is 4.34 Å². The van der Waals surface area contributed by atoms with E-state index in [9.17, 15) is 9.59 Å². The molecule has 0 aliphatic rings. The number of urea groups is 1. The summed E-state index contributed by atoms with van der Waals surface area (Å²) < 4.78 is 6.83. The largest absolute Gasteiger partial charge is 0.497 e. The molecule has 0 aliphatic carbocycles. The van der Waals surface area contributed by atoms with Crippen LogP contribution in [0.15, 0.2) is 77.1 Å². The summed E-state index contributed by atoms with van der Waals surface area (Å²) in [6.45, 7) is 0. The first-order valence-electron chi connectivity index (χ1n) is 9.69. The van der Waals surface area contributed by atoms with E-state index in [1.54, 1.807) is 37.4 Å². The summed E-state index contributed by atoms with van der Waals surface area (Å²) in [6, 6.07) is 21.6. The summed E-state index contributed by atoms with van der Waals surface area (Å²) in [5.41, 5.74) is 2.92. The van der Waals surface area contributed by atoms with Crippen LogP contribution in [0.3, 0.4) is 0 Å². The fourth-order valence-electron chi connectivity index (χ4n) is 2.86. The van der Waals surface area contributed by atoms with E-state index < -0.39 is 0 Å². The number of nitrogens with one attached hydrogen (secondary N) is 3. The minimum atomic E-state index is -0.315. The molecule has 1 heterocycles. The van der Waals surface area contributed by atoms with Crippen molar-refractivity contribution in [3.8, 4) is 5.75 Å². The summed E-state index contributed by atoms with van der Waals surface area (Å²) in [6.07, 6.45) is 0. The van der Waals surface area contributed by atoms with Gasteiger partial charge in [0.2, 0.25) is 5.91 Å². The lowest BCUT2D eigenvalue weighted by atomic mass is 10.3. The second-order valence-electron chi connectivity index (χ2n) is 6.67. The number of anilines is 3. The fraction of sp³-hybridized carbons (Fsp3) is 0.0870. The zero-order valence-corrected chi connectivity index (χ0v) is 18.8. The van der Waals surface area contributed by atoms with Crippen molar-refractivity contribution in [3.63, 3.8) is 0 Å². The Bertz CT molecular complexity index is 1230. The second kappa shape index (κ2) is 10.2. The summed E-state index contributed by atoms with van der Waals surface area (Å²) in [5, 5.41) is 8.47. The Morgan fingerprint density at radius 1 is 0.906 bits per heavy atom. The smallest absolute Gasteiger partial charge is 0.323 e. The number of hydrogen-bond donors (Lipinski definition) is 3. The van der Waals surface area contributed by atoms with Gasteiger partial charge < -0.3 is 20.7 Å². The van der Waals surface area contributed by atoms with Crippen LogP contribution in [-0.4, -0.2) is 29.8 Å². The second-order valence-corrected chi connectivity index (χ2v) is 8.93. The lowest BCUT2D eigenvalue weighted by molar-refractivity contribution is -0.113. The third-order valence-electron chi connectivity index (χ3n) is 4.36. The average molecular weight is 465 g/mol. The molecule has 9 heteroatoms. The normalized spacial score (nSPS) is 10.5. The Labute approximate surface area is 193 Å². The lowest BCUT2D eigenvalue weighted by Crippen LogP contribution is -2.19. The topological polar surface area (TPSA) is 92.3 Å². The predicted molar refractivity (Wildman–Crippen MR) is 131 cm³/mol. The molecule has 0 aliphatic heterocycles. The molecule has 3 amide bonds. The monoisotopic (exact) mass is 464 g/mol. The van der Waals surface area contributed by atoms with Crippen molar-refractivity contribution in [3.05, 3.63) is 72.8 Å². The predicted octanol–water partition coefficient (Wildman–Crippen LogP) is 5.68. The molecule has 4 aromatic rings. The number of fused-ring (bicyclic) bond motifs is 1. The minimum Gasteiger partial charge on any atom is -0.497 e. The summed E-state index contributed by atoms with van der Waals surface area (Å²) >= 11 is 2.85. The number of ether oxygens (including phenoxy) is 1. The molecule has 0 fully saturated rings. The number of para-hydroxylation sites is 1. The molecule has 0 radical (unpaired) electrons. The van der Waals surface area contributed by atoms with Crippen LogP contribution in [0.25, 0.3) is 10.2 Å². The first-order valence-corrected chi connectivity index (χ1v) is 11.5. The zero-order valence-electron chi connectivity index (χ0n) is 17.1. The van der Waals surface area contributed by atoms with Crippen LogP contribution in [0.2, 0.25) is 0 Å². The molecule has 0 saturated carbocycles. The Hall–Kier alpha value is -3.56. The molecule has 0 bridgehead atoms. The number of carbonyl (C=O) groups excluding carboxylic acids is 2. The van der Waals surface area contributed by atoms with E-state index in [4.69, 9.17) is 4.74 Å². The number of thiazole rings is 1. The van der Waals surface area contributed by atoms with Crippen molar-refractivity contribution in [2.24, 2.45) is 0 Å². The van der Waals surface area contributed by atoms with E-state index in [1.165, 1.54) is 23.1 Å². The van der Waals surface area contributed by atoms with Gasteiger partial charge in [-0.15, -0.1) is 11.3 Å². The standard InChI is InChI=1S/C23H20N4O3S2/c1-30-18-10-7-16(8-11-18)24-21(28)14-31-23-27-19-12-9-17(13-20(19)32-23)26-22(29)25-15-5-3-2-4-6-15/h2-13H,14H2,1H3,(H,24,28)(H2,25,26,29). The molecular formula is C23H20N4O3S2. The molecule has 0 spiro atoms. The molecular weight excluding hydrogens is 444 g/mol. The first-order chi connectivity index (χ1) is 15.6. The van der Waals surface area contributed by atoms with Gasteiger partial charge in [-0.25, -0.2) is 9.78 Å². The van der Waals surface area contributed by atoms with Crippen molar-refractivity contribution < 1.29 is 14.3 Å².